The normalized spacial score (nSPS) is 12.4. The molecule has 0 radical (unpaired) electrons. The van der Waals surface area contributed by atoms with E-state index in [-0.39, 0.29) is 30.1 Å². The molecule has 0 fully saturated rings. The molecule has 4 nitrogen and oxygen atoms in total. The Kier molecular flexibility index (Phi) is 10.6. The molecule has 0 bridgehead atoms. The van der Waals surface area contributed by atoms with Crippen LogP contribution in [0.25, 0.3) is 0 Å². The lowest BCUT2D eigenvalue weighted by molar-refractivity contribution is 0.206. The van der Waals surface area contributed by atoms with Gasteiger partial charge in [0.1, 0.15) is 11.9 Å². The number of halogens is 2. The van der Waals surface area contributed by atoms with E-state index in [2.05, 4.69) is 17.2 Å². The number of nitrogens with zero attached hydrogens (tertiary/aromatic N) is 1. The van der Waals surface area contributed by atoms with Crippen molar-refractivity contribution in [3.63, 3.8) is 0 Å². The van der Waals surface area contributed by atoms with Crippen LogP contribution >= 0.6 is 35.6 Å². The van der Waals surface area contributed by atoms with Crippen LogP contribution in [0.15, 0.2) is 29.3 Å². The van der Waals surface area contributed by atoms with Crippen LogP contribution in [-0.2, 0) is 0 Å². The van der Waals surface area contributed by atoms with Crippen LogP contribution in [0.3, 0.4) is 0 Å². The highest BCUT2D eigenvalue weighted by Gasteiger charge is 2.09. The molecule has 3 N–H and O–H groups in total. The number of ether oxygens (including phenoxy) is 1. The molecule has 0 amide bonds. The largest absolute Gasteiger partial charge is 0.487 e. The van der Waals surface area contributed by atoms with Crippen molar-refractivity contribution in [1.29, 1.82) is 0 Å². The van der Waals surface area contributed by atoms with Gasteiger partial charge in [0.2, 0.25) is 0 Å². The van der Waals surface area contributed by atoms with E-state index in [1.165, 1.54) is 0 Å². The van der Waals surface area contributed by atoms with Gasteiger partial charge in [-0.25, -0.2) is 4.99 Å². The van der Waals surface area contributed by atoms with Crippen molar-refractivity contribution in [3.8, 4) is 5.75 Å². The number of guanidine groups is 1. The maximum atomic E-state index is 6.06. The predicted molar refractivity (Wildman–Crippen MR) is 96.4 cm³/mol. The number of para-hydroxylation sites is 1. The Balaban J connectivity index is 0.00000361. The summed E-state index contributed by atoms with van der Waals surface area (Å²) >= 11 is 6.06. The number of aliphatic imine (C=N–C) groups is 1. The molecule has 1 aromatic rings. The minimum atomic E-state index is -0.0260. The summed E-state index contributed by atoms with van der Waals surface area (Å²) in [5.74, 6) is 1.15. The van der Waals surface area contributed by atoms with Gasteiger partial charge in [0.15, 0.2) is 5.96 Å². The lowest BCUT2D eigenvalue weighted by Crippen LogP contribution is -2.33. The summed E-state index contributed by atoms with van der Waals surface area (Å²) in [6.07, 6.45) is 1.83. The number of nitrogens with two attached hydrogens (primary N) is 1. The summed E-state index contributed by atoms with van der Waals surface area (Å²) in [4.78, 5) is 4.27. The Hall–Kier alpha value is -0.690. The van der Waals surface area contributed by atoms with E-state index in [0.29, 0.717) is 23.3 Å². The Morgan fingerprint density at radius 3 is 2.70 bits per heavy atom. The van der Waals surface area contributed by atoms with Crippen LogP contribution < -0.4 is 15.8 Å². The second kappa shape index (κ2) is 11.0. The van der Waals surface area contributed by atoms with Crippen molar-refractivity contribution >= 4 is 41.5 Å². The van der Waals surface area contributed by atoms with Gasteiger partial charge in [-0.05, 0) is 25.0 Å². The molecular formula is C14H23ClIN3O. The molecule has 1 aromatic carbocycles. The zero-order valence-electron chi connectivity index (χ0n) is 11.9. The Morgan fingerprint density at radius 1 is 1.40 bits per heavy atom. The van der Waals surface area contributed by atoms with Crippen LogP contribution in [0.4, 0.5) is 0 Å². The first-order chi connectivity index (χ1) is 9.17. The first-order valence-electron chi connectivity index (χ1n) is 6.62. The van der Waals surface area contributed by atoms with Gasteiger partial charge in [-0.1, -0.05) is 37.6 Å². The summed E-state index contributed by atoms with van der Waals surface area (Å²) in [6, 6.07) is 7.44. The number of rotatable bonds is 7. The maximum absolute atomic E-state index is 6.06. The fraction of sp³-hybridized carbons (Fsp3) is 0.500. The highest BCUT2D eigenvalue weighted by molar-refractivity contribution is 14.0. The first-order valence-corrected chi connectivity index (χ1v) is 7.00. The third-order valence-corrected chi connectivity index (χ3v) is 2.92. The summed E-state index contributed by atoms with van der Waals surface area (Å²) in [5.41, 5.74) is 5.74. The molecule has 0 aliphatic rings. The molecule has 0 saturated carbocycles. The van der Waals surface area contributed by atoms with E-state index < -0.39 is 0 Å². The number of hydrogen-bond donors (Lipinski definition) is 2. The van der Waals surface area contributed by atoms with Gasteiger partial charge in [-0.15, -0.1) is 24.0 Å². The molecular weight excluding hydrogens is 389 g/mol. The third-order valence-electron chi connectivity index (χ3n) is 2.61. The summed E-state index contributed by atoms with van der Waals surface area (Å²) < 4.78 is 5.83. The molecule has 0 spiro atoms. The highest BCUT2D eigenvalue weighted by Crippen LogP contribution is 2.24. The molecule has 1 rings (SSSR count). The number of hydrogen-bond acceptors (Lipinski definition) is 2. The quantitative estimate of drug-likeness (QED) is 0.410. The van der Waals surface area contributed by atoms with Gasteiger partial charge in [0.25, 0.3) is 0 Å². The van der Waals surface area contributed by atoms with Crippen molar-refractivity contribution in [2.24, 2.45) is 10.7 Å². The fourth-order valence-electron chi connectivity index (χ4n) is 1.48. The highest BCUT2D eigenvalue weighted by atomic mass is 127. The monoisotopic (exact) mass is 411 g/mol. The Labute approximate surface area is 143 Å². The van der Waals surface area contributed by atoms with Gasteiger partial charge in [0.05, 0.1) is 11.6 Å². The van der Waals surface area contributed by atoms with Crippen LogP contribution in [0.1, 0.15) is 26.7 Å². The maximum Gasteiger partial charge on any atom is 0.188 e. The number of benzene rings is 1. The molecule has 0 saturated heterocycles. The van der Waals surface area contributed by atoms with Crippen LogP contribution in [0, 0.1) is 0 Å². The van der Waals surface area contributed by atoms with Gasteiger partial charge >= 0.3 is 0 Å². The van der Waals surface area contributed by atoms with Crippen molar-refractivity contribution < 1.29 is 4.74 Å². The molecule has 0 aromatic heterocycles. The van der Waals surface area contributed by atoms with Crippen molar-refractivity contribution in [1.82, 2.24) is 5.32 Å². The average molecular weight is 412 g/mol. The molecule has 20 heavy (non-hydrogen) atoms. The topological polar surface area (TPSA) is 59.6 Å². The van der Waals surface area contributed by atoms with E-state index in [1.54, 1.807) is 0 Å². The predicted octanol–water partition coefficient (Wildman–Crippen LogP) is 3.43. The zero-order valence-corrected chi connectivity index (χ0v) is 15.0. The number of nitrogens with one attached hydrogen (secondary N) is 1. The van der Waals surface area contributed by atoms with Crippen LogP contribution in [0.5, 0.6) is 5.75 Å². The Bertz CT molecular complexity index is 415. The fourth-order valence-corrected chi connectivity index (χ4v) is 1.66. The van der Waals surface area contributed by atoms with E-state index in [0.717, 1.165) is 19.4 Å². The van der Waals surface area contributed by atoms with E-state index in [1.807, 2.05) is 31.2 Å². The summed E-state index contributed by atoms with van der Waals surface area (Å²) in [5, 5.41) is 3.65. The molecule has 1 unspecified atom stereocenters. The zero-order chi connectivity index (χ0) is 14.1. The minimum absolute atomic E-state index is 0. The molecule has 0 heterocycles. The molecule has 0 aliphatic carbocycles. The van der Waals surface area contributed by atoms with Gasteiger partial charge in [-0.2, -0.15) is 0 Å². The second-order valence-electron chi connectivity index (χ2n) is 4.23. The van der Waals surface area contributed by atoms with Crippen molar-refractivity contribution in [2.75, 3.05) is 13.1 Å². The van der Waals surface area contributed by atoms with Crippen molar-refractivity contribution in [2.45, 2.75) is 32.8 Å². The third kappa shape index (κ3) is 7.19. The van der Waals surface area contributed by atoms with Gasteiger partial charge < -0.3 is 15.8 Å². The van der Waals surface area contributed by atoms with E-state index >= 15 is 0 Å². The first kappa shape index (κ1) is 19.3. The lowest BCUT2D eigenvalue weighted by Gasteiger charge is -2.17. The smallest absolute Gasteiger partial charge is 0.188 e. The van der Waals surface area contributed by atoms with E-state index in [9.17, 15) is 0 Å². The minimum Gasteiger partial charge on any atom is -0.487 e. The average Bonchev–Trinajstić information content (AvgIpc) is 2.43. The second-order valence-corrected chi connectivity index (χ2v) is 4.64. The standard InChI is InChI=1S/C14H22ClN3O.HI/c1-3-9-17-14(16)18-10-11(4-2)19-13-8-6-5-7-12(13)15;/h5-8,11H,3-4,9-10H2,1-2H3,(H3,16,17,18);1H. The molecule has 114 valence electrons. The molecule has 6 heteroatoms. The molecule has 1 atom stereocenters. The SMILES string of the molecule is CCCNC(N)=NCC(CC)Oc1ccccc1Cl.I. The summed E-state index contributed by atoms with van der Waals surface area (Å²) in [7, 11) is 0. The van der Waals surface area contributed by atoms with E-state index in [4.69, 9.17) is 22.1 Å². The van der Waals surface area contributed by atoms with Crippen molar-refractivity contribution in [3.05, 3.63) is 29.3 Å². The lowest BCUT2D eigenvalue weighted by atomic mass is 10.2. The van der Waals surface area contributed by atoms with Crippen LogP contribution in [-0.4, -0.2) is 25.2 Å². The van der Waals surface area contributed by atoms with Gasteiger partial charge in [0, 0.05) is 6.54 Å². The summed E-state index contributed by atoms with van der Waals surface area (Å²) in [6.45, 7) is 5.48. The van der Waals surface area contributed by atoms with Crippen LogP contribution in [0.2, 0.25) is 5.02 Å². The van der Waals surface area contributed by atoms with Gasteiger partial charge in [-0.3, -0.25) is 0 Å². The molecule has 0 aliphatic heterocycles. The Morgan fingerprint density at radius 2 is 2.10 bits per heavy atom.